The molecular weight excluding hydrogens is 521 g/mol. The van der Waals surface area contributed by atoms with Crippen LogP contribution in [0, 0.1) is 11.7 Å². The van der Waals surface area contributed by atoms with Gasteiger partial charge in [-0.1, -0.05) is 13.0 Å². The maximum atomic E-state index is 13.2. The van der Waals surface area contributed by atoms with Crippen LogP contribution in [-0.4, -0.2) is 33.4 Å². The molecule has 3 aromatic rings. The van der Waals surface area contributed by atoms with Crippen LogP contribution >= 0.6 is 11.3 Å². The Balaban J connectivity index is 1.59. The van der Waals surface area contributed by atoms with Crippen LogP contribution in [0.1, 0.15) is 44.5 Å². The number of hydrogen-bond donors (Lipinski definition) is 3. The molecule has 2 aromatic carbocycles. The number of sulfonamides is 1. The summed E-state index contributed by atoms with van der Waals surface area (Å²) >= 11 is 1.28. The number of thiophene rings is 1. The first-order valence-electron chi connectivity index (χ1n) is 11.3. The molecule has 1 aromatic heterocycles. The van der Waals surface area contributed by atoms with Gasteiger partial charge >= 0.3 is 6.09 Å². The number of alkyl carbamates (subject to hydrolysis) is 1. The van der Waals surface area contributed by atoms with Gasteiger partial charge in [-0.2, -0.15) is 0 Å². The van der Waals surface area contributed by atoms with Gasteiger partial charge in [0.05, 0.1) is 17.6 Å². The Morgan fingerprint density at radius 1 is 1.08 bits per heavy atom. The maximum Gasteiger partial charge on any atom is 0.413 e. The first kappa shape index (κ1) is 26.3. The number of fused-ring (bicyclic) bond motifs is 1. The van der Waals surface area contributed by atoms with Crippen LogP contribution in [0.5, 0.6) is 0 Å². The van der Waals surface area contributed by atoms with Gasteiger partial charge in [0, 0.05) is 16.1 Å². The van der Waals surface area contributed by atoms with E-state index < -0.39 is 33.7 Å². The van der Waals surface area contributed by atoms with E-state index in [2.05, 4.69) is 27.0 Å². The van der Waals surface area contributed by atoms with E-state index in [9.17, 15) is 27.2 Å². The van der Waals surface area contributed by atoms with Crippen LogP contribution in [0.25, 0.3) is 0 Å². The summed E-state index contributed by atoms with van der Waals surface area (Å²) in [4.78, 5) is 38.5. The average Bonchev–Trinajstić information content (AvgIpc) is 3.20. The number of rotatable bonds is 6. The predicted octanol–water partition coefficient (Wildman–Crippen LogP) is 4.56. The second kappa shape index (κ2) is 10.7. The highest BCUT2D eigenvalue weighted by Crippen LogP contribution is 2.40. The molecule has 3 amide bonds. The molecular formula is C25H24FN3O6S2. The minimum absolute atomic E-state index is 0.125. The number of methoxy groups -OCH3 is 1. The number of carbonyl (C=O) groups is 3. The predicted molar refractivity (Wildman–Crippen MR) is 137 cm³/mol. The van der Waals surface area contributed by atoms with Crippen molar-refractivity contribution in [3.63, 3.8) is 0 Å². The molecule has 0 bridgehead atoms. The minimum Gasteiger partial charge on any atom is -0.453 e. The van der Waals surface area contributed by atoms with Crippen molar-refractivity contribution in [1.29, 1.82) is 0 Å². The number of carbonyl (C=O) groups excluding carboxylic acids is 3. The Bertz CT molecular complexity index is 1470. The molecule has 3 N–H and O–H groups in total. The summed E-state index contributed by atoms with van der Waals surface area (Å²) in [5, 5.41) is 5.20. The lowest BCUT2D eigenvalue weighted by Crippen LogP contribution is -2.31. The summed E-state index contributed by atoms with van der Waals surface area (Å²) in [7, 11) is -2.87. The summed E-state index contributed by atoms with van der Waals surface area (Å²) in [5.41, 5.74) is 1.28. The van der Waals surface area contributed by atoms with Gasteiger partial charge in [0.15, 0.2) is 0 Å². The average molecular weight is 546 g/mol. The van der Waals surface area contributed by atoms with Crippen LogP contribution in [0.4, 0.5) is 19.9 Å². The van der Waals surface area contributed by atoms with Crippen molar-refractivity contribution < 1.29 is 31.9 Å². The molecule has 1 atom stereocenters. The standard InChI is InChI=1S/C25H24FN3O6S2/c1-14-6-11-19-20(12-14)36-24(21(19)23(31)28-25(32)35-2)27-22(30)15-4-3-5-17(13-15)29-37(33,34)18-9-7-16(26)8-10-18/h3-5,7-10,13-14,29H,6,11-12H2,1-2H3,(H,27,30)(H,28,31,32). The quantitative estimate of drug-likeness (QED) is 0.416. The Kier molecular flexibility index (Phi) is 7.60. The molecule has 0 fully saturated rings. The number of amides is 3. The number of halogens is 1. The lowest BCUT2D eigenvalue weighted by molar-refractivity contribution is 0.0936. The number of benzene rings is 2. The normalized spacial score (nSPS) is 14.8. The van der Waals surface area contributed by atoms with Gasteiger partial charge in [0.25, 0.3) is 21.8 Å². The van der Waals surface area contributed by atoms with Crippen molar-refractivity contribution in [2.75, 3.05) is 17.1 Å². The zero-order valence-electron chi connectivity index (χ0n) is 20.0. The second-order valence-corrected chi connectivity index (χ2v) is 11.4. The fourth-order valence-corrected chi connectivity index (χ4v) is 6.47. The van der Waals surface area contributed by atoms with Crippen LogP contribution in [0.2, 0.25) is 0 Å². The van der Waals surface area contributed by atoms with Crippen LogP contribution < -0.4 is 15.4 Å². The third-order valence-corrected chi connectivity index (χ3v) is 8.43. The summed E-state index contributed by atoms with van der Waals surface area (Å²) < 4.78 is 45.4. The van der Waals surface area contributed by atoms with Gasteiger partial charge in [-0.3, -0.25) is 19.6 Å². The Morgan fingerprint density at radius 3 is 2.51 bits per heavy atom. The van der Waals surface area contributed by atoms with E-state index in [1.54, 1.807) is 0 Å². The summed E-state index contributed by atoms with van der Waals surface area (Å²) in [5.74, 6) is -1.39. The maximum absolute atomic E-state index is 13.2. The van der Waals surface area contributed by atoms with Crippen molar-refractivity contribution in [2.24, 2.45) is 5.92 Å². The van der Waals surface area contributed by atoms with E-state index in [1.807, 2.05) is 0 Å². The Hall–Kier alpha value is -3.77. The first-order chi connectivity index (χ1) is 17.6. The van der Waals surface area contributed by atoms with E-state index in [1.165, 1.54) is 35.6 Å². The summed E-state index contributed by atoms with van der Waals surface area (Å²) in [6.45, 7) is 2.10. The van der Waals surface area contributed by atoms with Gasteiger partial charge in [-0.25, -0.2) is 17.6 Å². The summed E-state index contributed by atoms with van der Waals surface area (Å²) in [6, 6.07) is 10.2. The minimum atomic E-state index is -4.01. The van der Waals surface area contributed by atoms with Gasteiger partial charge in [0.1, 0.15) is 10.8 Å². The molecule has 0 spiro atoms. The van der Waals surface area contributed by atoms with E-state index in [0.29, 0.717) is 17.3 Å². The highest BCUT2D eigenvalue weighted by Gasteiger charge is 2.29. The third-order valence-electron chi connectivity index (χ3n) is 5.87. The van der Waals surface area contributed by atoms with Gasteiger partial charge in [-0.05, 0) is 73.2 Å². The van der Waals surface area contributed by atoms with Crippen LogP contribution in [0.15, 0.2) is 53.4 Å². The molecule has 9 nitrogen and oxygen atoms in total. The number of ether oxygens (including phenoxy) is 1. The van der Waals surface area contributed by atoms with Crippen molar-refractivity contribution in [3.05, 3.63) is 75.9 Å². The van der Waals surface area contributed by atoms with Crippen molar-refractivity contribution in [1.82, 2.24) is 5.32 Å². The molecule has 1 aliphatic carbocycles. The lowest BCUT2D eigenvalue weighted by Gasteiger charge is -2.18. The fourth-order valence-electron chi connectivity index (χ4n) is 4.01. The molecule has 0 saturated heterocycles. The number of anilines is 2. The second-order valence-electron chi connectivity index (χ2n) is 8.60. The monoisotopic (exact) mass is 545 g/mol. The van der Waals surface area contributed by atoms with Crippen molar-refractivity contribution in [3.8, 4) is 0 Å². The van der Waals surface area contributed by atoms with Gasteiger partial charge < -0.3 is 10.1 Å². The van der Waals surface area contributed by atoms with E-state index in [4.69, 9.17) is 0 Å². The zero-order chi connectivity index (χ0) is 26.7. The number of imide groups is 1. The molecule has 12 heteroatoms. The molecule has 0 aliphatic heterocycles. The molecule has 1 unspecified atom stereocenters. The highest BCUT2D eigenvalue weighted by atomic mass is 32.2. The number of hydrogen-bond acceptors (Lipinski definition) is 7. The smallest absolute Gasteiger partial charge is 0.413 e. The van der Waals surface area contributed by atoms with Gasteiger partial charge in [0.2, 0.25) is 0 Å². The van der Waals surface area contributed by atoms with E-state index in [0.717, 1.165) is 54.7 Å². The SMILES string of the molecule is COC(=O)NC(=O)c1c(NC(=O)c2cccc(NS(=O)(=O)c3ccc(F)cc3)c2)sc2c1CCC(C)C2. The van der Waals surface area contributed by atoms with Crippen molar-refractivity contribution in [2.45, 2.75) is 31.1 Å². The van der Waals surface area contributed by atoms with Crippen LogP contribution in [-0.2, 0) is 27.6 Å². The molecule has 0 saturated carbocycles. The van der Waals surface area contributed by atoms with E-state index >= 15 is 0 Å². The summed E-state index contributed by atoms with van der Waals surface area (Å²) in [6.07, 6.45) is 1.33. The molecule has 194 valence electrons. The Labute approximate surface area is 217 Å². The highest BCUT2D eigenvalue weighted by molar-refractivity contribution is 7.92. The molecule has 4 rings (SSSR count). The zero-order valence-corrected chi connectivity index (χ0v) is 21.6. The largest absolute Gasteiger partial charge is 0.453 e. The van der Waals surface area contributed by atoms with Gasteiger partial charge in [-0.15, -0.1) is 11.3 Å². The number of nitrogens with one attached hydrogen (secondary N) is 3. The fraction of sp³-hybridized carbons (Fsp3) is 0.240. The molecule has 37 heavy (non-hydrogen) atoms. The first-order valence-corrected chi connectivity index (χ1v) is 13.6. The molecule has 1 aliphatic rings. The van der Waals surface area contributed by atoms with E-state index in [-0.39, 0.29) is 21.7 Å². The molecule has 0 radical (unpaired) electrons. The lowest BCUT2D eigenvalue weighted by atomic mass is 9.88. The molecule has 1 heterocycles. The topological polar surface area (TPSA) is 131 Å². The van der Waals surface area contributed by atoms with Crippen LogP contribution in [0.3, 0.4) is 0 Å². The van der Waals surface area contributed by atoms with Crippen molar-refractivity contribution >= 4 is 50.0 Å². The third kappa shape index (κ3) is 5.97. The Morgan fingerprint density at radius 2 is 1.81 bits per heavy atom.